The second-order valence-corrected chi connectivity index (χ2v) is 25.4. The molecule has 0 atom stereocenters. The smallest absolute Gasteiger partial charge is 0.302 e. The fraction of sp³-hybridized carbons (Fsp3) is 0.226. The molecule has 0 fully saturated rings. The van der Waals surface area contributed by atoms with Crippen molar-refractivity contribution >= 4 is 240 Å². The number of aromatic nitrogens is 12. The van der Waals surface area contributed by atoms with Gasteiger partial charge in [-0.25, -0.2) is 59.8 Å². The highest BCUT2D eigenvalue weighted by molar-refractivity contribution is 6.34. The second-order valence-electron chi connectivity index (χ2n) is 23.2. The van der Waals surface area contributed by atoms with Gasteiger partial charge in [0.15, 0.2) is 164 Å². The Morgan fingerprint density at radius 1 is 0.379 bits per heavy atom. The van der Waals surface area contributed by atoms with Gasteiger partial charge < -0.3 is 106 Å². The number of aryl methyl sites for hydroxylation is 1. The molecule has 1 aromatic carbocycles. The number of nitrogens with zero attached hydrogens (tertiary/aromatic N) is 16. The molecule has 9 amide bonds. The zero-order valence-corrected chi connectivity index (χ0v) is 69.3. The van der Waals surface area contributed by atoms with Crippen LogP contribution in [-0.4, -0.2) is 233 Å². The van der Waals surface area contributed by atoms with E-state index in [-0.39, 0.29) is 188 Å². The molecule has 0 aliphatic rings. The summed E-state index contributed by atoms with van der Waals surface area (Å²) >= 11 is 35.4. The monoisotopic (exact) mass is 1840 g/mol. The highest BCUT2D eigenvalue weighted by atomic mass is 35.5. The number of anilines is 11. The van der Waals surface area contributed by atoms with Crippen molar-refractivity contribution in [3.05, 3.63) is 107 Å². The van der Waals surface area contributed by atoms with Crippen LogP contribution < -0.4 is 144 Å². The third-order valence-corrected chi connectivity index (χ3v) is 15.6. The first-order chi connectivity index (χ1) is 58.4. The SMILES string of the molecule is CCC(=O)CNc1nc(N)c(C(=O)NC(N)=NC)nc1Cl.CN=C(N)NC(=O)c1nc(Cl)c(NCC(=O)CNCC(=O)NC(=N)NC(=O)c2nc(Cl)c(C)nc2N)nc1N.N=C(NC(=O)CNCC(=O)CNc1nc(N)c(C(=O)N=C(N)N)nc1Cl)NC(=O)c1nc(Cl)c(N)nc1N.NCC(=O)NC(N)=NC(=O)c1nc(Cl)c(NCc2ccccc2)nc1N.[HH]. The van der Waals surface area contributed by atoms with Gasteiger partial charge >= 0.3 is 11.8 Å². The van der Waals surface area contributed by atoms with E-state index in [0.29, 0.717) is 18.7 Å². The van der Waals surface area contributed by atoms with Gasteiger partial charge in [0.2, 0.25) is 35.6 Å². The number of Topliss-reactive ketones (excluding diaryl/α,β-unsaturated/α-hetero) is 3. The summed E-state index contributed by atoms with van der Waals surface area (Å²) in [5, 5.41) is 45.3. The number of guanidine groups is 6. The summed E-state index contributed by atoms with van der Waals surface area (Å²) in [6, 6.07) is 9.53. The average Bonchev–Trinajstić information content (AvgIpc) is 0.873. The van der Waals surface area contributed by atoms with Crippen LogP contribution in [0, 0.1) is 17.7 Å². The summed E-state index contributed by atoms with van der Waals surface area (Å²) < 4.78 is 0. The Balaban J connectivity index is 0.000000441. The Hall–Kier alpha value is -15.2. The highest BCUT2D eigenvalue weighted by Crippen LogP contribution is 2.26. The lowest BCUT2D eigenvalue weighted by atomic mass is 10.2. The molecule has 0 aliphatic carbocycles. The number of hydrogen-bond acceptors (Lipinski definition) is 42. The van der Waals surface area contributed by atoms with Crippen LogP contribution in [0.1, 0.15) is 89.0 Å². The van der Waals surface area contributed by atoms with Crippen molar-refractivity contribution < 1.29 is 59.0 Å². The van der Waals surface area contributed by atoms with Crippen LogP contribution in [0.3, 0.4) is 0 Å². The number of carbonyl (C=O) groups is 12. The maximum atomic E-state index is 12.2. The quantitative estimate of drug-likeness (QED) is 0.0161. The Bertz CT molecular complexity index is 5380. The molecular formula is C62H80Cl6N44O12. The van der Waals surface area contributed by atoms with Crippen molar-refractivity contribution in [2.24, 2.45) is 54.4 Å². The lowest BCUT2D eigenvalue weighted by Gasteiger charge is -2.11. The topological polar surface area (TPSA) is 951 Å². The van der Waals surface area contributed by atoms with Gasteiger partial charge in [-0.05, 0) is 12.5 Å². The predicted octanol–water partition coefficient (Wildman–Crippen LogP) is -5.57. The summed E-state index contributed by atoms with van der Waals surface area (Å²) in [6.45, 7) is 1.58. The molecule has 0 spiro atoms. The number of carbonyl (C=O) groups excluding carboxylic acids is 12. The maximum absolute atomic E-state index is 12.2. The number of hydrogen-bond donors (Lipinski definition) is 28. The van der Waals surface area contributed by atoms with Crippen LogP contribution in [0.15, 0.2) is 50.3 Å². The Labute approximate surface area is 729 Å². The lowest BCUT2D eigenvalue weighted by molar-refractivity contribution is -0.120. The molecule has 0 saturated carbocycles. The standard InChI is InChI=1S/C19H24Cl2N14O4.C17H21Cl2N15O4.C15H17ClN8O2.C11H16ClN7O2.H2/c1-6-11(20)31-9(13(22)29-6)17(39)35-19(25)30-8(37)5-27-3-7(36)4-28-15-12(21)32-10(14(23)33-15)16(38)34-18(24)26-2;18-8-12(22)31-10(20)6(29-8)15(38)34-17(25)28-5(36)3-26-1-4(35)2-27-13-9(19)30-7(11(21)32-13)14(37)33-16(23)24;16-11-13(20-7-8-4-2-1-3-5-8)23-12(18)10(22-11)14(26)24-15(19)21-9(25)6-17;1-3-5(20)4-16-9-7(12)17-6(8(13)18-9)10(21)19-11(14)15-2;/h27H,3-5H2,1-2H3,(H2,22,29)(H3,23,28,33)(H3,24,26,34,38)(H3,25,30,35,37,39);26H,1-3H2,(H4,20,22,31)(H3,21,27,32)(H4,23,24,33,37)(H3,25,28,34,36,38);1-5H,6-7,17H2,(H3,18,20,23)(H3,19,21,24,25,26);3-4H2,1-2H3,(H3,13,16,18)(H3,14,15,19,21);1H. The molecule has 0 bridgehead atoms. The Morgan fingerprint density at radius 3 is 1.12 bits per heavy atom. The van der Waals surface area contributed by atoms with E-state index in [1.165, 1.54) is 14.1 Å². The van der Waals surface area contributed by atoms with Crippen molar-refractivity contribution in [2.45, 2.75) is 26.8 Å². The summed E-state index contributed by atoms with van der Waals surface area (Å²) in [5.41, 5.74) is 70.4. The molecule has 0 radical (unpaired) electrons. The van der Waals surface area contributed by atoms with Crippen molar-refractivity contribution in [3.63, 3.8) is 0 Å². The van der Waals surface area contributed by atoms with E-state index in [9.17, 15) is 57.5 Å². The second kappa shape index (κ2) is 49.4. The van der Waals surface area contributed by atoms with Gasteiger partial charge in [-0.2, -0.15) is 9.98 Å². The fourth-order valence-electron chi connectivity index (χ4n) is 8.10. The van der Waals surface area contributed by atoms with E-state index < -0.39 is 101 Å². The highest BCUT2D eigenvalue weighted by Gasteiger charge is 2.25. The van der Waals surface area contributed by atoms with Crippen LogP contribution in [0.4, 0.5) is 64.0 Å². The van der Waals surface area contributed by atoms with E-state index in [4.69, 9.17) is 155 Å². The minimum Gasteiger partial charge on any atom is -0.382 e. The summed E-state index contributed by atoms with van der Waals surface area (Å²) in [7, 11) is 2.78. The minimum absolute atomic E-state index is 0. The van der Waals surface area contributed by atoms with Gasteiger partial charge in [0.25, 0.3) is 23.6 Å². The average molecular weight is 1850 g/mol. The predicted molar refractivity (Wildman–Crippen MR) is 460 cm³/mol. The van der Waals surface area contributed by atoms with E-state index in [1.54, 1.807) is 13.8 Å². The maximum Gasteiger partial charge on any atom is 0.302 e. The lowest BCUT2D eigenvalue weighted by Crippen LogP contribution is -2.47. The van der Waals surface area contributed by atoms with Gasteiger partial charge in [-0.15, -0.1) is 0 Å². The molecule has 6 heterocycles. The third kappa shape index (κ3) is 33.5. The Morgan fingerprint density at radius 2 is 0.726 bits per heavy atom. The van der Waals surface area contributed by atoms with Gasteiger partial charge in [0.1, 0.15) is 0 Å². The van der Waals surface area contributed by atoms with E-state index in [1.807, 2.05) is 35.6 Å². The molecule has 662 valence electrons. The summed E-state index contributed by atoms with van der Waals surface area (Å²) in [4.78, 5) is 203. The van der Waals surface area contributed by atoms with E-state index >= 15 is 0 Å². The van der Waals surface area contributed by atoms with Crippen molar-refractivity contribution in [1.82, 2.24) is 108 Å². The molecule has 0 saturated heterocycles. The third-order valence-electron chi connectivity index (χ3n) is 13.9. The van der Waals surface area contributed by atoms with Crippen LogP contribution in [0.2, 0.25) is 30.9 Å². The first-order valence-electron chi connectivity index (χ1n) is 34.0. The van der Waals surface area contributed by atoms with Crippen molar-refractivity contribution in [2.75, 3.05) is 128 Å². The zero-order chi connectivity index (χ0) is 92.9. The first-order valence-corrected chi connectivity index (χ1v) is 36.3. The van der Waals surface area contributed by atoms with Crippen LogP contribution in [-0.2, 0) is 35.3 Å². The van der Waals surface area contributed by atoms with Gasteiger partial charge in [0.05, 0.1) is 58.1 Å². The number of halogens is 6. The van der Waals surface area contributed by atoms with Crippen LogP contribution in [0.5, 0.6) is 0 Å². The number of nitrogens with one attached hydrogen (secondary N) is 15. The molecule has 7 rings (SSSR count). The molecule has 41 N–H and O–H groups in total. The number of ketones is 3. The molecule has 7 aromatic rings. The number of nitrogens with two attached hydrogens (primary N) is 13. The summed E-state index contributed by atoms with van der Waals surface area (Å²) in [6.07, 6.45) is 0.379. The number of amides is 9. The van der Waals surface area contributed by atoms with Crippen LogP contribution in [0.25, 0.3) is 0 Å². The van der Waals surface area contributed by atoms with Crippen LogP contribution >= 0.6 is 69.6 Å². The van der Waals surface area contributed by atoms with E-state index in [2.05, 4.69) is 144 Å². The molecular weight excluding hydrogens is 1770 g/mol. The first kappa shape index (κ1) is 101. The number of benzene rings is 1. The molecule has 62 heteroatoms. The normalized spacial score (nSPS) is 10.8. The van der Waals surface area contributed by atoms with Gasteiger partial charge in [-0.3, -0.25) is 116 Å². The molecule has 124 heavy (non-hydrogen) atoms. The molecule has 6 aromatic heterocycles. The van der Waals surface area contributed by atoms with Crippen molar-refractivity contribution in [1.29, 1.82) is 10.8 Å². The fourth-order valence-corrected chi connectivity index (χ4v) is 9.13. The van der Waals surface area contributed by atoms with Crippen molar-refractivity contribution in [3.8, 4) is 0 Å². The summed E-state index contributed by atoms with van der Waals surface area (Å²) in [5.74, 6) is -12.2. The van der Waals surface area contributed by atoms with E-state index in [0.717, 1.165) is 5.56 Å². The zero-order valence-electron chi connectivity index (χ0n) is 64.8. The van der Waals surface area contributed by atoms with Gasteiger partial charge in [0, 0.05) is 28.5 Å². The number of rotatable bonds is 28. The number of nitrogen functional groups attached to an aromatic ring is 7. The molecule has 0 aliphatic heterocycles. The largest absolute Gasteiger partial charge is 0.382 e. The minimum atomic E-state index is -0.965. The van der Waals surface area contributed by atoms with Gasteiger partial charge in [-0.1, -0.05) is 107 Å². The number of aliphatic imine (C=N–C) groups is 4. The Kier molecular flexibility index (Phi) is 40.3. The molecule has 56 nitrogen and oxygen atoms in total. The molecule has 0 unspecified atom stereocenters.